The molecule has 2 aromatic rings. The van der Waals surface area contributed by atoms with Crippen LogP contribution in [-0.4, -0.2) is 47.8 Å². The zero-order valence-corrected chi connectivity index (χ0v) is 13.2. The molecule has 1 aliphatic heterocycles. The van der Waals surface area contributed by atoms with Gasteiger partial charge in [0.15, 0.2) is 5.78 Å². The van der Waals surface area contributed by atoms with Crippen LogP contribution in [0.2, 0.25) is 0 Å². The van der Waals surface area contributed by atoms with Crippen molar-refractivity contribution in [1.29, 1.82) is 0 Å². The fraction of sp³-hybridized carbons (Fsp3) is 0.312. The van der Waals surface area contributed by atoms with Gasteiger partial charge < -0.3 is 9.80 Å². The number of hydrogen-bond donors (Lipinski definition) is 0. The van der Waals surface area contributed by atoms with Gasteiger partial charge in [-0.15, -0.1) is 11.3 Å². The number of benzene rings is 1. The maximum absolute atomic E-state index is 12.2. The van der Waals surface area contributed by atoms with Gasteiger partial charge in [0.05, 0.1) is 5.51 Å². The third-order valence-electron chi connectivity index (χ3n) is 3.86. The lowest BCUT2D eigenvalue weighted by Crippen LogP contribution is -2.48. The van der Waals surface area contributed by atoms with E-state index in [-0.39, 0.29) is 11.7 Å². The third-order valence-corrected chi connectivity index (χ3v) is 4.44. The van der Waals surface area contributed by atoms with Crippen molar-refractivity contribution in [2.45, 2.75) is 6.92 Å². The number of aromatic nitrogens is 1. The number of carbonyl (C=O) groups is 2. The van der Waals surface area contributed by atoms with Gasteiger partial charge in [0, 0.05) is 42.8 Å². The highest BCUT2D eigenvalue weighted by molar-refractivity contribution is 7.07. The highest BCUT2D eigenvalue weighted by Crippen LogP contribution is 2.18. The molecule has 0 radical (unpaired) electrons. The van der Waals surface area contributed by atoms with Gasteiger partial charge in [0.1, 0.15) is 5.69 Å². The highest BCUT2D eigenvalue weighted by Gasteiger charge is 2.23. The fourth-order valence-corrected chi connectivity index (χ4v) is 3.08. The van der Waals surface area contributed by atoms with Crippen molar-refractivity contribution < 1.29 is 9.59 Å². The summed E-state index contributed by atoms with van der Waals surface area (Å²) in [5, 5.41) is 1.79. The average Bonchev–Trinajstić information content (AvgIpc) is 3.09. The number of hydrogen-bond acceptors (Lipinski definition) is 5. The molecule has 1 aliphatic rings. The molecule has 1 amide bonds. The lowest BCUT2D eigenvalue weighted by Gasteiger charge is -2.35. The zero-order chi connectivity index (χ0) is 15.5. The zero-order valence-electron chi connectivity index (χ0n) is 12.4. The first-order valence-electron chi connectivity index (χ1n) is 7.18. The van der Waals surface area contributed by atoms with Gasteiger partial charge in [-0.2, -0.15) is 0 Å². The molecule has 22 heavy (non-hydrogen) atoms. The number of Topliss-reactive ketones (excluding diaryl/α,β-unsaturated/α-hetero) is 1. The molecule has 0 unspecified atom stereocenters. The molecule has 1 aromatic carbocycles. The normalized spacial score (nSPS) is 15.0. The molecule has 6 heteroatoms. The van der Waals surface area contributed by atoms with Crippen molar-refractivity contribution >= 4 is 28.7 Å². The van der Waals surface area contributed by atoms with Crippen LogP contribution >= 0.6 is 11.3 Å². The Bertz CT molecular complexity index is 659. The second kappa shape index (κ2) is 6.27. The predicted molar refractivity (Wildman–Crippen MR) is 86.7 cm³/mol. The molecule has 3 rings (SSSR count). The van der Waals surface area contributed by atoms with Crippen LogP contribution in [0.1, 0.15) is 27.8 Å². The summed E-state index contributed by atoms with van der Waals surface area (Å²) >= 11 is 1.44. The second-order valence-corrected chi connectivity index (χ2v) is 5.97. The maximum atomic E-state index is 12.2. The minimum atomic E-state index is 0.00725. The van der Waals surface area contributed by atoms with Crippen molar-refractivity contribution in [3.8, 4) is 0 Å². The second-order valence-electron chi connectivity index (χ2n) is 5.26. The molecule has 1 fully saturated rings. The summed E-state index contributed by atoms with van der Waals surface area (Å²) in [5.74, 6) is 0.0815. The molecule has 0 N–H and O–H groups in total. The van der Waals surface area contributed by atoms with E-state index < -0.39 is 0 Å². The Hall–Kier alpha value is -2.21. The molecule has 0 aliphatic carbocycles. The maximum Gasteiger partial charge on any atom is 0.273 e. The summed E-state index contributed by atoms with van der Waals surface area (Å²) < 4.78 is 0. The van der Waals surface area contributed by atoms with E-state index in [1.807, 2.05) is 29.2 Å². The molecule has 0 spiro atoms. The number of anilines is 1. The van der Waals surface area contributed by atoms with E-state index in [1.54, 1.807) is 17.8 Å². The van der Waals surface area contributed by atoms with Crippen molar-refractivity contribution in [1.82, 2.24) is 9.88 Å². The van der Waals surface area contributed by atoms with Crippen LogP contribution < -0.4 is 4.90 Å². The lowest BCUT2D eigenvalue weighted by atomic mass is 10.1. The molecular weight excluding hydrogens is 298 g/mol. The first kappa shape index (κ1) is 14.7. The van der Waals surface area contributed by atoms with Crippen LogP contribution in [0.5, 0.6) is 0 Å². The number of piperazine rings is 1. The van der Waals surface area contributed by atoms with E-state index in [2.05, 4.69) is 9.88 Å². The van der Waals surface area contributed by atoms with E-state index in [4.69, 9.17) is 0 Å². The van der Waals surface area contributed by atoms with Gasteiger partial charge in [-0.1, -0.05) is 0 Å². The van der Waals surface area contributed by atoms with Gasteiger partial charge in [-0.3, -0.25) is 9.59 Å². The van der Waals surface area contributed by atoms with Gasteiger partial charge in [-0.25, -0.2) is 4.98 Å². The van der Waals surface area contributed by atoms with Gasteiger partial charge in [-0.05, 0) is 31.2 Å². The predicted octanol–water partition coefficient (Wildman–Crippen LogP) is 2.31. The summed E-state index contributed by atoms with van der Waals surface area (Å²) in [4.78, 5) is 31.7. The SMILES string of the molecule is CC(=O)c1ccc(N2CCN(C(=O)c3cscn3)CC2)cc1. The number of carbonyl (C=O) groups excluding carboxylic acids is 2. The highest BCUT2D eigenvalue weighted by atomic mass is 32.1. The molecule has 5 nitrogen and oxygen atoms in total. The number of ketones is 1. The van der Waals surface area contributed by atoms with E-state index in [0.29, 0.717) is 18.8 Å². The van der Waals surface area contributed by atoms with Crippen molar-refractivity contribution in [2.75, 3.05) is 31.1 Å². The largest absolute Gasteiger partial charge is 0.368 e. The van der Waals surface area contributed by atoms with Crippen LogP contribution in [0.25, 0.3) is 0 Å². The molecule has 0 bridgehead atoms. The molecule has 1 saturated heterocycles. The van der Waals surface area contributed by atoms with E-state index >= 15 is 0 Å². The van der Waals surface area contributed by atoms with E-state index in [1.165, 1.54) is 11.3 Å². The van der Waals surface area contributed by atoms with Crippen molar-refractivity contribution in [2.24, 2.45) is 0 Å². The topological polar surface area (TPSA) is 53.5 Å². The Labute approximate surface area is 133 Å². The smallest absolute Gasteiger partial charge is 0.273 e. The summed E-state index contributed by atoms with van der Waals surface area (Å²) in [6, 6.07) is 7.64. The van der Waals surface area contributed by atoms with Crippen LogP contribution in [0.15, 0.2) is 35.2 Å². The minimum Gasteiger partial charge on any atom is -0.368 e. The first-order chi connectivity index (χ1) is 10.6. The average molecular weight is 315 g/mol. The Morgan fingerprint density at radius 1 is 1.09 bits per heavy atom. The molecule has 2 heterocycles. The van der Waals surface area contributed by atoms with Crippen LogP contribution in [0.3, 0.4) is 0 Å². The van der Waals surface area contributed by atoms with E-state index in [9.17, 15) is 9.59 Å². The Kier molecular flexibility index (Phi) is 4.20. The standard InChI is InChI=1S/C16H17N3O2S/c1-12(20)13-2-4-14(5-3-13)18-6-8-19(9-7-18)16(21)15-10-22-11-17-15/h2-5,10-11H,6-9H2,1H3. The summed E-state index contributed by atoms with van der Waals surface area (Å²) in [6.07, 6.45) is 0. The molecular formula is C16H17N3O2S. The Morgan fingerprint density at radius 2 is 1.77 bits per heavy atom. The Balaban J connectivity index is 1.62. The van der Waals surface area contributed by atoms with Gasteiger partial charge >= 0.3 is 0 Å². The summed E-state index contributed by atoms with van der Waals surface area (Å²) in [5.41, 5.74) is 4.02. The van der Waals surface area contributed by atoms with E-state index in [0.717, 1.165) is 24.3 Å². The van der Waals surface area contributed by atoms with Gasteiger partial charge in [0.25, 0.3) is 5.91 Å². The fourth-order valence-electron chi connectivity index (χ4n) is 2.55. The first-order valence-corrected chi connectivity index (χ1v) is 8.13. The minimum absolute atomic E-state index is 0.00725. The molecule has 114 valence electrons. The number of thiazole rings is 1. The number of nitrogens with zero attached hydrogens (tertiary/aromatic N) is 3. The Morgan fingerprint density at radius 3 is 2.32 bits per heavy atom. The van der Waals surface area contributed by atoms with Crippen molar-refractivity contribution in [3.63, 3.8) is 0 Å². The lowest BCUT2D eigenvalue weighted by molar-refractivity contribution is 0.0741. The molecule has 1 aromatic heterocycles. The summed E-state index contributed by atoms with van der Waals surface area (Å²) in [6.45, 7) is 4.51. The van der Waals surface area contributed by atoms with Crippen LogP contribution in [0.4, 0.5) is 5.69 Å². The number of amides is 1. The van der Waals surface area contributed by atoms with Crippen molar-refractivity contribution in [3.05, 3.63) is 46.4 Å². The van der Waals surface area contributed by atoms with Crippen LogP contribution in [-0.2, 0) is 0 Å². The molecule has 0 atom stereocenters. The number of rotatable bonds is 3. The molecule has 0 saturated carbocycles. The quantitative estimate of drug-likeness (QED) is 0.816. The van der Waals surface area contributed by atoms with Gasteiger partial charge in [0.2, 0.25) is 0 Å². The third kappa shape index (κ3) is 3.01. The summed E-state index contributed by atoms with van der Waals surface area (Å²) in [7, 11) is 0. The van der Waals surface area contributed by atoms with Crippen LogP contribution in [0, 0.1) is 0 Å². The monoisotopic (exact) mass is 315 g/mol.